The van der Waals surface area contributed by atoms with Crippen molar-refractivity contribution in [1.82, 2.24) is 0 Å². The summed E-state index contributed by atoms with van der Waals surface area (Å²) in [6, 6.07) is 10.7. The van der Waals surface area contributed by atoms with E-state index in [0.717, 1.165) is 13.0 Å². The Kier molecular flexibility index (Phi) is 10.7. The summed E-state index contributed by atoms with van der Waals surface area (Å²) in [5, 5.41) is 0. The van der Waals surface area contributed by atoms with Crippen molar-refractivity contribution in [2.45, 2.75) is 23.7 Å². The molecule has 26 heavy (non-hydrogen) atoms. The summed E-state index contributed by atoms with van der Waals surface area (Å²) in [4.78, 5) is 0. The van der Waals surface area contributed by atoms with E-state index in [4.69, 9.17) is 13.0 Å². The first-order chi connectivity index (χ1) is 12.0. The molecule has 0 fully saturated rings. The van der Waals surface area contributed by atoms with Gasteiger partial charge in [0.1, 0.15) is 0 Å². The fourth-order valence-electron chi connectivity index (χ4n) is 2.08. The molecule has 0 amide bonds. The molecule has 146 valence electrons. The minimum atomic E-state index is -6.09. The number of likely N-dealkylation sites (N-methyl/N-ethyl adjacent to an activating group) is 1. The van der Waals surface area contributed by atoms with Crippen LogP contribution in [0.2, 0.25) is 5.82 Å². The average Bonchev–Trinajstić information content (AvgIpc) is 2.54. The van der Waals surface area contributed by atoms with Gasteiger partial charge in [-0.1, -0.05) is 0 Å². The molecule has 0 aromatic heterocycles. The van der Waals surface area contributed by atoms with E-state index in [1.54, 1.807) is 0 Å². The van der Waals surface area contributed by atoms with E-state index in [2.05, 4.69) is 60.9 Å². The van der Waals surface area contributed by atoms with Crippen LogP contribution in [0.15, 0.2) is 55.6 Å². The zero-order valence-corrected chi connectivity index (χ0v) is 17.1. The maximum Gasteiger partial charge on any atom is 0.485 e. The minimum absolute atomic E-state index is 0.457. The third-order valence-electron chi connectivity index (χ3n) is 3.17. The first-order valence-electron chi connectivity index (χ1n) is 7.40. The minimum Gasteiger partial charge on any atom is -0.741 e. The normalized spacial score (nSPS) is 13.8. The predicted octanol–water partition coefficient (Wildman–Crippen LogP) is 3.38. The number of allylic oxidation sites excluding steroid dienone is 1. The summed E-state index contributed by atoms with van der Waals surface area (Å²) in [5.41, 5.74) is -4.26. The zero-order valence-electron chi connectivity index (χ0n) is 14.6. The molecule has 0 saturated heterocycles. The van der Waals surface area contributed by atoms with Crippen LogP contribution < -0.4 is 0 Å². The van der Waals surface area contributed by atoms with Gasteiger partial charge in [0, 0.05) is 0 Å². The van der Waals surface area contributed by atoms with E-state index in [-0.39, 0.29) is 0 Å². The Morgan fingerprint density at radius 3 is 2.12 bits per heavy atom. The number of rotatable bonds is 7. The van der Waals surface area contributed by atoms with E-state index in [0.29, 0.717) is 20.9 Å². The second kappa shape index (κ2) is 11.3. The van der Waals surface area contributed by atoms with Gasteiger partial charge in [-0.2, -0.15) is 13.2 Å². The molecule has 0 bridgehead atoms. The van der Waals surface area contributed by atoms with Crippen molar-refractivity contribution >= 4 is 29.7 Å². The number of alkyl halides is 3. The molecule has 0 aliphatic carbocycles. The summed E-state index contributed by atoms with van der Waals surface area (Å²) < 4.78 is 62.7. The van der Waals surface area contributed by atoms with Crippen molar-refractivity contribution in [2.75, 3.05) is 13.6 Å². The second-order valence-corrected chi connectivity index (χ2v) is 8.20. The second-order valence-electron chi connectivity index (χ2n) is 5.10. The van der Waals surface area contributed by atoms with Gasteiger partial charge in [-0.3, -0.25) is 0 Å². The summed E-state index contributed by atoms with van der Waals surface area (Å²) in [7, 11) is -3.94. The molecule has 0 N–H and O–H groups in total. The molecular formula is C17H22F3NO3SSe. The van der Waals surface area contributed by atoms with Crippen molar-refractivity contribution in [3.05, 3.63) is 61.2 Å². The molecule has 0 saturated carbocycles. The Morgan fingerprint density at radius 1 is 1.27 bits per heavy atom. The van der Waals surface area contributed by atoms with Gasteiger partial charge in [0.25, 0.3) is 0 Å². The maximum absolute atomic E-state index is 10.7. The zero-order chi connectivity index (χ0) is 20.4. The number of hydrogen-bond acceptors (Lipinski definition) is 3. The third-order valence-corrected chi connectivity index (χ3v) is 5.87. The Morgan fingerprint density at radius 2 is 1.77 bits per heavy atom. The van der Waals surface area contributed by atoms with E-state index in [1.165, 1.54) is 10.2 Å². The first-order valence-corrected chi connectivity index (χ1v) is 11.4. The van der Waals surface area contributed by atoms with Crippen LogP contribution in [0.5, 0.6) is 0 Å². The molecule has 9 heteroatoms. The van der Waals surface area contributed by atoms with Gasteiger partial charge in [0.2, 0.25) is 0 Å². The molecule has 4 nitrogen and oxygen atoms in total. The van der Waals surface area contributed by atoms with E-state index in [9.17, 15) is 13.2 Å². The molecule has 1 aromatic rings. The summed E-state index contributed by atoms with van der Waals surface area (Å²) in [6.45, 7) is 8.64. The van der Waals surface area contributed by atoms with Crippen LogP contribution in [0.25, 0.3) is 0 Å². The van der Waals surface area contributed by atoms with E-state index in [1.807, 2.05) is 12.2 Å². The topological polar surface area (TPSA) is 60.2 Å². The van der Waals surface area contributed by atoms with Gasteiger partial charge in [0.05, 0.1) is 0 Å². The maximum atomic E-state index is 10.7. The average molecular weight is 456 g/mol. The van der Waals surface area contributed by atoms with Crippen LogP contribution in [0.4, 0.5) is 13.2 Å². The van der Waals surface area contributed by atoms with Gasteiger partial charge < -0.3 is 4.55 Å². The Balaban J connectivity index is 0.000000660. The number of hydrogen-bond donors (Lipinski definition) is 0. The van der Waals surface area contributed by atoms with Crippen molar-refractivity contribution in [3.63, 3.8) is 0 Å². The Hall–Kier alpha value is -1.41. The Labute approximate surface area is 159 Å². The quantitative estimate of drug-likeness (QED) is 0.158. The summed E-state index contributed by atoms with van der Waals surface area (Å²) in [5.74, 6) is 2.74. The summed E-state index contributed by atoms with van der Waals surface area (Å²) in [6.07, 6.45) is 4.98. The van der Waals surface area contributed by atoms with Crippen molar-refractivity contribution in [3.8, 4) is 0 Å². The van der Waals surface area contributed by atoms with Crippen molar-refractivity contribution in [2.24, 2.45) is 0 Å². The van der Waals surface area contributed by atoms with Crippen LogP contribution in [-0.4, -0.2) is 56.2 Å². The van der Waals surface area contributed by atoms with Crippen molar-refractivity contribution in [1.29, 1.82) is 0 Å². The van der Waals surface area contributed by atoms with Gasteiger partial charge in [-0.05, 0) is 0 Å². The molecule has 0 radical (unpaired) electrons. The van der Waals surface area contributed by atoms with Crippen LogP contribution in [0.3, 0.4) is 0 Å². The molecular weight excluding hydrogens is 434 g/mol. The fraction of sp³-hybridized carbons (Fsp3) is 0.353. The third kappa shape index (κ3) is 8.31. The number of halogens is 3. The van der Waals surface area contributed by atoms with Crippen molar-refractivity contribution < 1.29 is 30.7 Å². The van der Waals surface area contributed by atoms with Gasteiger partial charge in [-0.25, -0.2) is 8.42 Å². The molecule has 0 aliphatic rings. The van der Waals surface area contributed by atoms with E-state index >= 15 is 0 Å². The summed E-state index contributed by atoms with van der Waals surface area (Å²) >= 11 is 0.487. The van der Waals surface area contributed by atoms with Crippen LogP contribution in [0, 0.1) is 0 Å². The predicted molar refractivity (Wildman–Crippen MR) is 97.6 cm³/mol. The molecule has 0 heterocycles. The molecule has 1 unspecified atom stereocenters. The Bertz CT molecular complexity index is 717. The first kappa shape index (κ1) is 24.6. The van der Waals surface area contributed by atoms with Crippen LogP contribution in [-0.2, 0) is 10.1 Å². The largest absolute Gasteiger partial charge is 0.741 e. The van der Waals surface area contributed by atoms with Gasteiger partial charge in [-0.15, -0.1) is 0 Å². The van der Waals surface area contributed by atoms with Gasteiger partial charge in [0.15, 0.2) is 10.1 Å². The monoisotopic (exact) mass is 457 g/mol. The van der Waals surface area contributed by atoms with E-state index < -0.39 is 15.6 Å². The van der Waals surface area contributed by atoms with Gasteiger partial charge >= 0.3 is 123 Å². The smallest absolute Gasteiger partial charge is 0.485 e. The standard InChI is InChI=1S/C16H22NSe.CHF3O3S/c1-5-10-15(14-11-8-7-9-12-14)16(18-4)17(3)13-6-2;2-1(3,4)8(5,6)7/h5-9,11-12,15H,1-2,10,13H2,3-4H3;(H,5,6,7)/q+1;/p-1. The van der Waals surface area contributed by atoms with Crippen LogP contribution >= 0.6 is 0 Å². The SMILES string of the molecule is C=CCC(C([Se]C)=[N+](C)CC=C)c1ccccc1.O=S(=O)([O-])C(F)(F)F. The number of benzene rings is 1. The molecule has 0 spiro atoms. The number of nitrogens with zero attached hydrogens (tertiary/aromatic N) is 1. The molecule has 1 rings (SSSR count). The fourth-order valence-corrected chi connectivity index (χ4v) is 3.97. The molecule has 0 aliphatic heterocycles. The molecule has 1 atom stereocenters. The molecule has 1 aromatic carbocycles. The van der Waals surface area contributed by atoms with Crippen LogP contribution in [0.1, 0.15) is 17.9 Å².